The summed E-state index contributed by atoms with van der Waals surface area (Å²) >= 11 is 0. The third-order valence-electron chi connectivity index (χ3n) is 7.67. The highest BCUT2D eigenvalue weighted by atomic mass is 16.5. The molecule has 4 rings (SSSR count). The number of hydrogen-bond donors (Lipinski definition) is 0. The zero-order valence-corrected chi connectivity index (χ0v) is 22.3. The molecule has 0 atom stereocenters. The number of carbonyl (C=O) groups excluding carboxylic acids is 2. The van der Waals surface area contributed by atoms with Crippen molar-refractivity contribution in [2.45, 2.75) is 25.7 Å². The van der Waals surface area contributed by atoms with Gasteiger partial charge in [-0.1, -0.05) is 6.07 Å². The van der Waals surface area contributed by atoms with Crippen LogP contribution in [-0.4, -0.2) is 83.3 Å². The fourth-order valence-electron chi connectivity index (χ4n) is 5.47. The average molecular weight is 513 g/mol. The molecule has 2 amide bonds. The molecule has 2 aliphatic heterocycles. The Hall–Kier alpha value is -3.62. The van der Waals surface area contributed by atoms with Gasteiger partial charge in [0.15, 0.2) is 11.5 Å². The normalized spacial score (nSPS) is 16.5. The predicted octanol–water partition coefficient (Wildman–Crippen LogP) is 3.43. The summed E-state index contributed by atoms with van der Waals surface area (Å²) in [5.41, 5.74) is 1.30. The van der Waals surface area contributed by atoms with Crippen LogP contribution in [0.4, 0.5) is 0 Å². The van der Waals surface area contributed by atoms with E-state index in [0.29, 0.717) is 60.5 Å². The molecule has 0 N–H and O–H groups in total. The molecule has 1 spiro atoms. The topological polar surface area (TPSA) is 86.8 Å². The second kappa shape index (κ2) is 11.2. The standard InChI is InChI=1S/C28H36N2O7/c1-33-20-7-9-22(34-2)21(17-20)27(32)29-13-10-28(11-14-29)12-15-30(18-28)24(31)16-19-6-8-23(35-3)26(37-5)25(19)36-4/h6-9,17H,10-16,18H2,1-5H3. The summed E-state index contributed by atoms with van der Waals surface area (Å²) in [4.78, 5) is 30.4. The monoisotopic (exact) mass is 512 g/mol. The van der Waals surface area contributed by atoms with Crippen molar-refractivity contribution in [3.8, 4) is 28.7 Å². The van der Waals surface area contributed by atoms with Crippen molar-refractivity contribution in [1.82, 2.24) is 9.80 Å². The van der Waals surface area contributed by atoms with Crippen LogP contribution in [0.1, 0.15) is 35.2 Å². The van der Waals surface area contributed by atoms with Crippen LogP contribution in [0, 0.1) is 5.41 Å². The largest absolute Gasteiger partial charge is 0.497 e. The summed E-state index contributed by atoms with van der Waals surface area (Å²) in [5.74, 6) is 2.72. The number of amides is 2. The van der Waals surface area contributed by atoms with E-state index in [1.54, 1.807) is 59.8 Å². The van der Waals surface area contributed by atoms with Gasteiger partial charge in [-0.05, 0) is 48.9 Å². The molecule has 0 saturated carbocycles. The van der Waals surface area contributed by atoms with Crippen LogP contribution >= 0.6 is 0 Å². The maximum absolute atomic E-state index is 13.3. The van der Waals surface area contributed by atoms with Crippen LogP contribution < -0.4 is 23.7 Å². The van der Waals surface area contributed by atoms with Crippen molar-refractivity contribution in [2.75, 3.05) is 61.7 Å². The molecular formula is C28H36N2O7. The van der Waals surface area contributed by atoms with Gasteiger partial charge in [0.25, 0.3) is 5.91 Å². The second-order valence-corrected chi connectivity index (χ2v) is 9.59. The molecule has 2 aromatic rings. The summed E-state index contributed by atoms with van der Waals surface area (Å²) in [7, 11) is 7.82. The summed E-state index contributed by atoms with van der Waals surface area (Å²) in [6, 6.07) is 8.90. The molecule has 9 heteroatoms. The highest BCUT2D eigenvalue weighted by Gasteiger charge is 2.43. The minimum Gasteiger partial charge on any atom is -0.497 e. The Bertz CT molecular complexity index is 1140. The summed E-state index contributed by atoms with van der Waals surface area (Å²) in [6.45, 7) is 2.70. The first kappa shape index (κ1) is 26.4. The van der Waals surface area contributed by atoms with Gasteiger partial charge in [0.2, 0.25) is 11.7 Å². The van der Waals surface area contributed by atoms with Crippen molar-refractivity contribution < 1.29 is 33.3 Å². The van der Waals surface area contributed by atoms with Crippen molar-refractivity contribution in [1.29, 1.82) is 0 Å². The lowest BCUT2D eigenvalue weighted by molar-refractivity contribution is -0.130. The minimum absolute atomic E-state index is 0.0343. The zero-order valence-electron chi connectivity index (χ0n) is 22.3. The molecule has 37 heavy (non-hydrogen) atoms. The van der Waals surface area contributed by atoms with Crippen molar-refractivity contribution in [3.05, 3.63) is 41.5 Å². The average Bonchev–Trinajstić information content (AvgIpc) is 3.35. The first-order valence-corrected chi connectivity index (χ1v) is 12.5. The summed E-state index contributed by atoms with van der Waals surface area (Å²) in [5, 5.41) is 0. The lowest BCUT2D eigenvalue weighted by Crippen LogP contribution is -2.44. The molecule has 0 aromatic heterocycles. The van der Waals surface area contributed by atoms with E-state index >= 15 is 0 Å². The number of benzene rings is 2. The molecule has 2 fully saturated rings. The van der Waals surface area contributed by atoms with E-state index < -0.39 is 0 Å². The number of nitrogens with zero attached hydrogens (tertiary/aromatic N) is 2. The third-order valence-corrected chi connectivity index (χ3v) is 7.67. The van der Waals surface area contributed by atoms with Gasteiger partial charge in [0.1, 0.15) is 11.5 Å². The Balaban J connectivity index is 1.39. The first-order valence-electron chi connectivity index (χ1n) is 12.5. The fourth-order valence-corrected chi connectivity index (χ4v) is 5.47. The Morgan fingerprint density at radius 2 is 1.38 bits per heavy atom. The molecule has 2 heterocycles. The highest BCUT2D eigenvalue weighted by molar-refractivity contribution is 5.97. The third kappa shape index (κ3) is 5.26. The second-order valence-electron chi connectivity index (χ2n) is 9.59. The van der Waals surface area contributed by atoms with Crippen molar-refractivity contribution in [2.24, 2.45) is 5.41 Å². The Morgan fingerprint density at radius 3 is 1.97 bits per heavy atom. The summed E-state index contributed by atoms with van der Waals surface area (Å²) in [6.07, 6.45) is 2.87. The van der Waals surface area contributed by atoms with E-state index in [1.807, 2.05) is 15.9 Å². The smallest absolute Gasteiger partial charge is 0.257 e. The van der Waals surface area contributed by atoms with Crippen LogP contribution in [-0.2, 0) is 11.2 Å². The molecule has 0 radical (unpaired) electrons. The van der Waals surface area contributed by atoms with E-state index in [0.717, 1.165) is 24.8 Å². The van der Waals surface area contributed by atoms with Crippen molar-refractivity contribution in [3.63, 3.8) is 0 Å². The lowest BCUT2D eigenvalue weighted by Gasteiger charge is -2.39. The molecule has 2 saturated heterocycles. The van der Waals surface area contributed by atoms with E-state index in [1.165, 1.54) is 0 Å². The lowest BCUT2D eigenvalue weighted by atomic mass is 9.77. The number of hydrogen-bond acceptors (Lipinski definition) is 7. The van der Waals surface area contributed by atoms with Crippen LogP contribution in [0.3, 0.4) is 0 Å². The fraction of sp³-hybridized carbons (Fsp3) is 0.500. The molecule has 9 nitrogen and oxygen atoms in total. The van der Waals surface area contributed by atoms with E-state index in [9.17, 15) is 9.59 Å². The molecule has 200 valence electrons. The Kier molecular flexibility index (Phi) is 8.00. The van der Waals surface area contributed by atoms with Gasteiger partial charge < -0.3 is 33.5 Å². The molecule has 0 aliphatic carbocycles. The van der Waals surface area contributed by atoms with Gasteiger partial charge in [-0.25, -0.2) is 0 Å². The molecule has 0 unspecified atom stereocenters. The number of ether oxygens (including phenoxy) is 5. The zero-order chi connectivity index (χ0) is 26.6. The van der Waals surface area contributed by atoms with Gasteiger partial charge in [0, 0.05) is 31.7 Å². The number of carbonyl (C=O) groups is 2. The van der Waals surface area contributed by atoms with Crippen molar-refractivity contribution >= 4 is 11.8 Å². The minimum atomic E-state index is -0.0583. The maximum Gasteiger partial charge on any atom is 0.257 e. The highest BCUT2D eigenvalue weighted by Crippen LogP contribution is 2.43. The summed E-state index contributed by atoms with van der Waals surface area (Å²) < 4.78 is 27.1. The molecule has 2 aliphatic rings. The number of likely N-dealkylation sites (tertiary alicyclic amines) is 2. The number of methoxy groups -OCH3 is 5. The quantitative estimate of drug-likeness (QED) is 0.536. The number of rotatable bonds is 8. The molecule has 0 bridgehead atoms. The molecular weight excluding hydrogens is 476 g/mol. The van der Waals surface area contributed by atoms with Gasteiger partial charge in [-0.15, -0.1) is 0 Å². The Morgan fingerprint density at radius 1 is 0.757 bits per heavy atom. The van der Waals surface area contributed by atoms with Crippen LogP contribution in [0.15, 0.2) is 30.3 Å². The Labute approximate surface area is 218 Å². The van der Waals surface area contributed by atoms with Gasteiger partial charge in [-0.2, -0.15) is 0 Å². The first-order chi connectivity index (χ1) is 17.9. The van der Waals surface area contributed by atoms with Gasteiger partial charge in [-0.3, -0.25) is 9.59 Å². The van der Waals surface area contributed by atoms with Crippen LogP contribution in [0.5, 0.6) is 28.7 Å². The predicted molar refractivity (Wildman–Crippen MR) is 138 cm³/mol. The maximum atomic E-state index is 13.3. The van der Waals surface area contributed by atoms with Gasteiger partial charge >= 0.3 is 0 Å². The van der Waals surface area contributed by atoms with Crippen LogP contribution in [0.2, 0.25) is 0 Å². The number of piperidine rings is 1. The molecule has 2 aromatic carbocycles. The van der Waals surface area contributed by atoms with E-state index in [2.05, 4.69) is 0 Å². The SMILES string of the molecule is COc1ccc(OC)c(C(=O)N2CCC3(CCN(C(=O)Cc4ccc(OC)c(OC)c4OC)C3)CC2)c1. The van der Waals surface area contributed by atoms with E-state index in [-0.39, 0.29) is 23.7 Å². The van der Waals surface area contributed by atoms with E-state index in [4.69, 9.17) is 23.7 Å². The van der Waals surface area contributed by atoms with Crippen LogP contribution in [0.25, 0.3) is 0 Å². The van der Waals surface area contributed by atoms with Gasteiger partial charge in [0.05, 0.1) is 47.5 Å².